The van der Waals surface area contributed by atoms with Gasteiger partial charge in [0, 0.05) is 30.3 Å². The van der Waals surface area contributed by atoms with Gasteiger partial charge in [0.05, 0.1) is 29.6 Å². The quantitative estimate of drug-likeness (QED) is 0.309. The van der Waals surface area contributed by atoms with Gasteiger partial charge in [-0.2, -0.15) is 0 Å². The van der Waals surface area contributed by atoms with Crippen LogP contribution in [0.4, 0.5) is 5.69 Å². The molecule has 4 aromatic rings. The van der Waals surface area contributed by atoms with Gasteiger partial charge in [-0.25, -0.2) is 14.3 Å². The zero-order valence-corrected chi connectivity index (χ0v) is 18.7. The summed E-state index contributed by atoms with van der Waals surface area (Å²) >= 11 is 6.03. The number of imidazole rings is 1. The van der Waals surface area contributed by atoms with Crippen LogP contribution in [0.3, 0.4) is 0 Å². The van der Waals surface area contributed by atoms with E-state index in [4.69, 9.17) is 16.3 Å². The third-order valence-electron chi connectivity index (χ3n) is 5.87. The van der Waals surface area contributed by atoms with Gasteiger partial charge in [0.15, 0.2) is 11.2 Å². The maximum atomic E-state index is 13.5. The topological polar surface area (TPSA) is 114 Å². The molecule has 1 fully saturated rings. The SMILES string of the molecule is O=c1c2c(ncn2Cc2cccc([N+](=O)[O-])c2)n(-c2ccc(Cl)cc2)c(=O)n1C[C@@H]1CCCO1. The van der Waals surface area contributed by atoms with Crippen molar-refractivity contribution in [3.05, 3.63) is 96.4 Å². The predicted octanol–water partition coefficient (Wildman–Crippen LogP) is 3.14. The molecule has 0 N–H and O–H groups in total. The number of halogens is 1. The number of benzene rings is 2. The van der Waals surface area contributed by atoms with Crippen LogP contribution in [0.15, 0.2) is 64.4 Å². The van der Waals surface area contributed by atoms with E-state index in [1.165, 1.54) is 27.6 Å². The normalized spacial score (nSPS) is 15.7. The number of aromatic nitrogens is 4. The Morgan fingerprint density at radius 2 is 1.97 bits per heavy atom. The van der Waals surface area contributed by atoms with E-state index in [0.717, 1.165) is 12.8 Å². The highest BCUT2D eigenvalue weighted by molar-refractivity contribution is 6.30. The Labute approximate surface area is 197 Å². The van der Waals surface area contributed by atoms with E-state index in [1.807, 2.05) is 0 Å². The molecule has 0 radical (unpaired) electrons. The van der Waals surface area contributed by atoms with E-state index in [-0.39, 0.29) is 36.0 Å². The Bertz CT molecular complexity index is 1500. The molecule has 0 amide bonds. The van der Waals surface area contributed by atoms with Gasteiger partial charge in [-0.1, -0.05) is 23.7 Å². The first-order valence-corrected chi connectivity index (χ1v) is 11.1. The fourth-order valence-electron chi connectivity index (χ4n) is 4.24. The van der Waals surface area contributed by atoms with Gasteiger partial charge in [-0.3, -0.25) is 19.5 Å². The average Bonchev–Trinajstić information content (AvgIpc) is 3.48. The molecule has 2 aromatic heterocycles. The van der Waals surface area contributed by atoms with Crippen LogP contribution in [0.5, 0.6) is 0 Å². The number of hydrogen-bond acceptors (Lipinski definition) is 6. The zero-order chi connectivity index (χ0) is 23.8. The second-order valence-electron chi connectivity index (χ2n) is 8.12. The smallest absolute Gasteiger partial charge is 0.337 e. The van der Waals surface area contributed by atoms with Gasteiger partial charge in [-0.15, -0.1) is 0 Å². The number of nitro benzene ring substituents is 1. The number of ether oxygens (including phenoxy) is 1. The lowest BCUT2D eigenvalue weighted by Crippen LogP contribution is -2.42. The molecule has 1 saturated heterocycles. The summed E-state index contributed by atoms with van der Waals surface area (Å²) in [5, 5.41) is 11.7. The number of nitro groups is 1. The van der Waals surface area contributed by atoms with Crippen molar-refractivity contribution in [3.63, 3.8) is 0 Å². The van der Waals surface area contributed by atoms with Gasteiger partial charge in [-0.05, 0) is 42.7 Å². The number of nitrogens with zero attached hydrogens (tertiary/aromatic N) is 5. The Hall–Kier alpha value is -3.76. The van der Waals surface area contributed by atoms with E-state index < -0.39 is 16.2 Å². The van der Waals surface area contributed by atoms with E-state index >= 15 is 0 Å². The summed E-state index contributed by atoms with van der Waals surface area (Å²) in [6.45, 7) is 0.896. The summed E-state index contributed by atoms with van der Waals surface area (Å²) in [6.07, 6.45) is 2.87. The number of hydrogen-bond donors (Lipinski definition) is 0. The molecule has 10 nitrogen and oxygen atoms in total. The van der Waals surface area contributed by atoms with Crippen molar-refractivity contribution in [1.82, 2.24) is 18.7 Å². The van der Waals surface area contributed by atoms with Crippen molar-refractivity contribution in [2.45, 2.75) is 32.0 Å². The second-order valence-corrected chi connectivity index (χ2v) is 8.55. The van der Waals surface area contributed by atoms with Crippen molar-refractivity contribution in [2.75, 3.05) is 6.61 Å². The Kier molecular flexibility index (Phi) is 5.76. The molecular formula is C23H20ClN5O5. The summed E-state index contributed by atoms with van der Waals surface area (Å²) in [4.78, 5) is 42.1. The molecule has 1 aliphatic heterocycles. The van der Waals surface area contributed by atoms with Crippen molar-refractivity contribution < 1.29 is 9.66 Å². The van der Waals surface area contributed by atoms with Crippen LogP contribution in [0.1, 0.15) is 18.4 Å². The predicted molar refractivity (Wildman–Crippen MR) is 126 cm³/mol. The lowest BCUT2D eigenvalue weighted by molar-refractivity contribution is -0.384. The second kappa shape index (κ2) is 8.88. The van der Waals surface area contributed by atoms with Crippen molar-refractivity contribution in [2.24, 2.45) is 0 Å². The molecule has 2 aromatic carbocycles. The third-order valence-corrected chi connectivity index (χ3v) is 6.12. The number of rotatable bonds is 6. The summed E-state index contributed by atoms with van der Waals surface area (Å²) in [5.74, 6) is 0. The van der Waals surface area contributed by atoms with Crippen molar-refractivity contribution >= 4 is 28.5 Å². The molecule has 11 heteroatoms. The maximum absolute atomic E-state index is 13.5. The molecule has 5 rings (SSSR count). The van der Waals surface area contributed by atoms with Gasteiger partial charge < -0.3 is 9.30 Å². The molecule has 0 bridgehead atoms. The zero-order valence-electron chi connectivity index (χ0n) is 18.0. The highest BCUT2D eigenvalue weighted by Gasteiger charge is 2.23. The summed E-state index contributed by atoms with van der Waals surface area (Å²) in [7, 11) is 0. The molecule has 1 atom stereocenters. The van der Waals surface area contributed by atoms with Crippen LogP contribution in [0.25, 0.3) is 16.9 Å². The Morgan fingerprint density at radius 3 is 2.68 bits per heavy atom. The number of fused-ring (bicyclic) bond motifs is 1. The van der Waals surface area contributed by atoms with Crippen LogP contribution in [-0.2, 0) is 17.8 Å². The minimum Gasteiger partial charge on any atom is -0.376 e. The molecule has 0 unspecified atom stereocenters. The fraction of sp³-hybridized carbons (Fsp3) is 0.261. The number of non-ortho nitro benzene ring substituents is 1. The van der Waals surface area contributed by atoms with E-state index in [1.54, 1.807) is 41.0 Å². The van der Waals surface area contributed by atoms with Gasteiger partial charge in [0.25, 0.3) is 11.2 Å². The first kappa shape index (κ1) is 22.1. The fourth-order valence-corrected chi connectivity index (χ4v) is 4.37. The minimum absolute atomic E-state index is 0.0456. The standard InChI is InChI=1S/C23H20ClN5O5/c24-16-6-8-17(9-7-16)28-21-20(22(30)27(23(28)31)13-19-5-2-10-34-19)26(14-25-21)12-15-3-1-4-18(11-15)29(32)33/h1,3-4,6-9,11,14,19H,2,5,10,12-13H2/t19-/m0/s1. The van der Waals surface area contributed by atoms with Gasteiger partial charge >= 0.3 is 5.69 Å². The van der Waals surface area contributed by atoms with Crippen LogP contribution < -0.4 is 11.2 Å². The minimum atomic E-state index is -0.518. The van der Waals surface area contributed by atoms with Crippen molar-refractivity contribution in [1.29, 1.82) is 0 Å². The maximum Gasteiger partial charge on any atom is 0.337 e. The van der Waals surface area contributed by atoms with Gasteiger partial charge in [0.2, 0.25) is 0 Å². The lowest BCUT2D eigenvalue weighted by Gasteiger charge is -2.15. The Balaban J connectivity index is 1.70. The van der Waals surface area contributed by atoms with E-state index in [9.17, 15) is 19.7 Å². The van der Waals surface area contributed by atoms with E-state index in [2.05, 4.69) is 4.98 Å². The van der Waals surface area contributed by atoms with Gasteiger partial charge in [0.1, 0.15) is 0 Å². The average molecular weight is 482 g/mol. The molecule has 174 valence electrons. The summed E-state index contributed by atoms with van der Waals surface area (Å²) in [6, 6.07) is 12.9. The molecule has 1 aliphatic rings. The molecule has 34 heavy (non-hydrogen) atoms. The highest BCUT2D eigenvalue weighted by Crippen LogP contribution is 2.19. The van der Waals surface area contributed by atoms with Crippen LogP contribution in [0.2, 0.25) is 5.02 Å². The molecule has 3 heterocycles. The first-order chi connectivity index (χ1) is 16.4. The molecule has 0 aliphatic carbocycles. The van der Waals surface area contributed by atoms with Crippen molar-refractivity contribution in [3.8, 4) is 5.69 Å². The molecular weight excluding hydrogens is 462 g/mol. The first-order valence-electron chi connectivity index (χ1n) is 10.7. The monoisotopic (exact) mass is 481 g/mol. The van der Waals surface area contributed by atoms with Crippen LogP contribution >= 0.6 is 11.6 Å². The highest BCUT2D eigenvalue weighted by atomic mass is 35.5. The Morgan fingerprint density at radius 1 is 1.18 bits per heavy atom. The summed E-state index contributed by atoms with van der Waals surface area (Å²) in [5.41, 5.74) is 0.518. The molecule has 0 saturated carbocycles. The lowest BCUT2D eigenvalue weighted by atomic mass is 10.2. The van der Waals surface area contributed by atoms with Crippen LogP contribution in [0, 0.1) is 10.1 Å². The summed E-state index contributed by atoms with van der Waals surface area (Å²) < 4.78 is 9.84. The van der Waals surface area contributed by atoms with Crippen LogP contribution in [-0.4, -0.2) is 36.3 Å². The largest absolute Gasteiger partial charge is 0.376 e. The molecule has 0 spiro atoms. The third kappa shape index (κ3) is 4.02. The van der Waals surface area contributed by atoms with E-state index in [0.29, 0.717) is 22.9 Å².